The second kappa shape index (κ2) is 16.3. The van der Waals surface area contributed by atoms with Crippen LogP contribution in [0.5, 0.6) is 0 Å². The van der Waals surface area contributed by atoms with Crippen molar-refractivity contribution in [2.24, 2.45) is 4.99 Å². The minimum absolute atomic E-state index is 1.01. The molecule has 0 saturated heterocycles. The molecule has 0 aliphatic heterocycles. The number of hydrogen-bond donors (Lipinski definition) is 0. The van der Waals surface area contributed by atoms with E-state index in [4.69, 9.17) is 0 Å². The molecule has 5 aromatic rings. The number of halogens is 1. The summed E-state index contributed by atoms with van der Waals surface area (Å²) in [5.41, 5.74) is 5.79. The van der Waals surface area contributed by atoms with Gasteiger partial charge in [-0.1, -0.05) is 17.7 Å². The number of nitrogens with zero attached hydrogens (tertiary/aromatic N) is 1. The van der Waals surface area contributed by atoms with E-state index >= 15 is 0 Å². The molecule has 0 saturated carbocycles. The zero-order valence-corrected chi connectivity index (χ0v) is 26.0. The van der Waals surface area contributed by atoms with E-state index in [2.05, 4.69) is 163 Å². The Morgan fingerprint density at radius 2 is 1.05 bits per heavy atom. The molecule has 38 heavy (non-hydrogen) atoms. The van der Waals surface area contributed by atoms with Crippen molar-refractivity contribution in [3.8, 4) is 0 Å². The van der Waals surface area contributed by atoms with Crippen molar-refractivity contribution in [1.82, 2.24) is 0 Å². The fourth-order valence-electron chi connectivity index (χ4n) is 4.18. The quantitative estimate of drug-likeness (QED) is 0.108. The molecule has 0 aliphatic rings. The molecule has 1 nitrogen and oxygen atoms in total. The summed E-state index contributed by atoms with van der Waals surface area (Å²) in [4.78, 5) is 4.56. The van der Waals surface area contributed by atoms with E-state index in [1.807, 2.05) is 30.5 Å². The molecular weight excluding hydrogens is 639 g/mol. The van der Waals surface area contributed by atoms with Crippen molar-refractivity contribution in [3.05, 3.63) is 156 Å². The van der Waals surface area contributed by atoms with Gasteiger partial charge in [0.2, 0.25) is 0 Å². The third-order valence-electron chi connectivity index (χ3n) is 5.74. The van der Waals surface area contributed by atoms with Crippen LogP contribution in [0.25, 0.3) is 0 Å². The molecule has 0 fully saturated rings. The van der Waals surface area contributed by atoms with Gasteiger partial charge in [-0.2, -0.15) is 0 Å². The molecule has 5 rings (SSSR count). The van der Waals surface area contributed by atoms with Gasteiger partial charge in [-0.05, 0) is 38.1 Å². The maximum absolute atomic E-state index is 4.56. The summed E-state index contributed by atoms with van der Waals surface area (Å²) in [6, 6.07) is 48.0. The molecule has 0 radical (unpaired) electrons. The molecule has 0 unspecified atom stereocenters. The van der Waals surface area contributed by atoms with E-state index in [1.165, 1.54) is 29.7 Å². The number of benzene rings is 5. The van der Waals surface area contributed by atoms with Crippen molar-refractivity contribution >= 4 is 49.1 Å². The normalized spacial score (nSPS) is 10.4. The Labute approximate surface area is 247 Å². The first-order valence-electron chi connectivity index (χ1n) is 12.3. The van der Waals surface area contributed by atoms with Gasteiger partial charge in [-0.25, -0.2) is 0 Å². The van der Waals surface area contributed by atoms with Gasteiger partial charge in [0.1, 0.15) is 0 Å². The van der Waals surface area contributed by atoms with Crippen molar-refractivity contribution in [2.45, 2.75) is 20.8 Å². The molecule has 0 N–H and O–H groups in total. The zero-order chi connectivity index (χ0) is 27.2. The second-order valence-electron chi connectivity index (χ2n) is 8.67. The minimum atomic E-state index is -1.39. The molecule has 4 heteroatoms. The van der Waals surface area contributed by atoms with Crippen LogP contribution >= 0.6 is 9.53 Å². The third kappa shape index (κ3) is 8.94. The van der Waals surface area contributed by atoms with E-state index in [9.17, 15) is 0 Å². The van der Waals surface area contributed by atoms with Crippen molar-refractivity contribution in [1.29, 1.82) is 0 Å². The van der Waals surface area contributed by atoms with Crippen LogP contribution in [0.1, 0.15) is 22.3 Å². The Hall–Kier alpha value is -2.72. The third-order valence-corrected chi connectivity index (χ3v) is 10.9. The van der Waals surface area contributed by atoms with Crippen LogP contribution in [0.3, 0.4) is 0 Å². The fraction of sp³-hybridized carbons (Fsp3) is 0.0882. The number of rotatable bonds is 5. The van der Waals surface area contributed by atoms with Gasteiger partial charge in [-0.3, -0.25) is 0 Å². The molecular formula is C34H31AsClNPd. The van der Waals surface area contributed by atoms with Crippen LogP contribution < -0.4 is 13.1 Å². The maximum atomic E-state index is 4.56. The number of aliphatic imine (C=N–C) groups is 1. The van der Waals surface area contributed by atoms with Crippen molar-refractivity contribution in [2.75, 3.05) is 0 Å². The van der Waals surface area contributed by atoms with Gasteiger partial charge in [0.25, 0.3) is 0 Å². The van der Waals surface area contributed by atoms with Gasteiger partial charge in [0, 0.05) is 0 Å². The van der Waals surface area contributed by atoms with Crippen LogP contribution in [0.15, 0.2) is 132 Å². The SMILES string of the molecule is Cc1cc(C)c(N=Cc2[c-]cccc2)c(C)c1.[Cl][Pd+].c1ccc([As](c2ccccc2)c2ccccc2)cc1. The Kier molecular flexibility index (Phi) is 12.8. The number of aryl methyl sites for hydroxylation is 3. The fourth-order valence-corrected chi connectivity index (χ4v) is 9.01. The molecule has 0 bridgehead atoms. The summed E-state index contributed by atoms with van der Waals surface area (Å²) in [5.74, 6) is 0. The predicted molar refractivity (Wildman–Crippen MR) is 163 cm³/mol. The monoisotopic (exact) mass is 669 g/mol. The van der Waals surface area contributed by atoms with Crippen LogP contribution in [-0.4, -0.2) is 20.9 Å². The predicted octanol–water partition coefficient (Wildman–Crippen LogP) is 7.05. The molecule has 0 heterocycles. The first-order valence-corrected chi connectivity index (χ1v) is 17.1. The average Bonchev–Trinajstić information content (AvgIpc) is 2.96. The summed E-state index contributed by atoms with van der Waals surface area (Å²) < 4.78 is 4.44. The van der Waals surface area contributed by atoms with Gasteiger partial charge in [0.05, 0.1) is 5.69 Å². The van der Waals surface area contributed by atoms with Gasteiger partial charge < -0.3 is 4.99 Å². The van der Waals surface area contributed by atoms with Crippen LogP contribution in [-0.2, 0) is 18.2 Å². The summed E-state index contributed by atoms with van der Waals surface area (Å²) in [6.45, 7) is 6.31. The molecule has 0 aliphatic carbocycles. The summed E-state index contributed by atoms with van der Waals surface area (Å²) >= 11 is 0.833. The Balaban J connectivity index is 0.000000199. The Morgan fingerprint density at radius 3 is 1.45 bits per heavy atom. The first kappa shape index (κ1) is 29.8. The second-order valence-corrected chi connectivity index (χ2v) is 13.3. The molecule has 5 aromatic carbocycles. The van der Waals surface area contributed by atoms with Crippen molar-refractivity contribution in [3.63, 3.8) is 0 Å². The Morgan fingerprint density at radius 1 is 0.632 bits per heavy atom. The van der Waals surface area contributed by atoms with Crippen molar-refractivity contribution < 1.29 is 18.2 Å². The first-order chi connectivity index (χ1) is 18.6. The zero-order valence-electron chi connectivity index (χ0n) is 21.8. The van der Waals surface area contributed by atoms with Gasteiger partial charge in [-0.15, -0.1) is 35.9 Å². The molecule has 0 spiro atoms. The van der Waals surface area contributed by atoms with Crippen LogP contribution in [0.4, 0.5) is 5.69 Å². The summed E-state index contributed by atoms with van der Waals surface area (Å²) in [6.07, 6.45) is 1.87. The van der Waals surface area contributed by atoms with Crippen LogP contribution in [0, 0.1) is 26.8 Å². The van der Waals surface area contributed by atoms with E-state index < -0.39 is 14.7 Å². The molecule has 0 aromatic heterocycles. The molecule has 0 atom stereocenters. The topological polar surface area (TPSA) is 12.4 Å². The van der Waals surface area contributed by atoms with E-state index in [0.717, 1.165) is 11.3 Å². The molecule has 194 valence electrons. The number of hydrogen-bond acceptors (Lipinski definition) is 1. The van der Waals surface area contributed by atoms with Gasteiger partial charge in [0.15, 0.2) is 0 Å². The van der Waals surface area contributed by atoms with Gasteiger partial charge >= 0.3 is 146 Å². The van der Waals surface area contributed by atoms with E-state index in [0.29, 0.717) is 0 Å². The average molecular weight is 670 g/mol. The Bertz CT molecular complexity index is 1280. The summed E-state index contributed by atoms with van der Waals surface area (Å²) in [7, 11) is 4.49. The van der Waals surface area contributed by atoms with E-state index in [-0.39, 0.29) is 0 Å². The van der Waals surface area contributed by atoms with Crippen LogP contribution in [0.2, 0.25) is 0 Å². The molecule has 0 amide bonds. The summed E-state index contributed by atoms with van der Waals surface area (Å²) in [5, 5.41) is 0. The standard InChI is InChI=1S/C18H15As.C16H16N.ClH.Pd/c1-4-10-16(11-5-1)19(17-12-6-2-7-13-17)18-14-8-3-9-15-18;1-12-9-13(2)16(14(3)10-12)17-11-15-7-5-4-6-8-15;;/h1-15H;4-7,9-11H,1-3H3;1H;/q;-1;;+2/p-1. The van der Waals surface area contributed by atoms with E-state index in [1.54, 1.807) is 0 Å².